The molecule has 1 aromatic carbocycles. The molecule has 0 spiro atoms. The smallest absolute Gasteiger partial charge is 0.237 e. The van der Waals surface area contributed by atoms with Gasteiger partial charge in [-0.2, -0.15) is 0 Å². The first kappa shape index (κ1) is 19.9. The fourth-order valence-electron chi connectivity index (χ4n) is 2.05. The Balaban J connectivity index is 0.00000288. The minimum Gasteiger partial charge on any atom is -0.439 e. The summed E-state index contributed by atoms with van der Waals surface area (Å²) >= 11 is 0. The highest BCUT2D eigenvalue weighted by Crippen LogP contribution is 2.23. The van der Waals surface area contributed by atoms with Gasteiger partial charge in [-0.05, 0) is 24.6 Å². The molecule has 0 bridgehead atoms. The van der Waals surface area contributed by atoms with Crippen molar-refractivity contribution in [2.24, 2.45) is 5.73 Å². The van der Waals surface area contributed by atoms with Gasteiger partial charge >= 0.3 is 0 Å². The van der Waals surface area contributed by atoms with E-state index in [9.17, 15) is 9.18 Å². The predicted molar refractivity (Wildman–Crippen MR) is 92.7 cm³/mol. The van der Waals surface area contributed by atoms with Crippen LogP contribution in [0.4, 0.5) is 4.39 Å². The zero-order valence-corrected chi connectivity index (χ0v) is 14.2. The van der Waals surface area contributed by atoms with Gasteiger partial charge in [0.1, 0.15) is 11.6 Å². The maximum atomic E-state index is 13.2. The molecular weight excluding hydrogens is 333 g/mol. The Labute approximate surface area is 146 Å². The second kappa shape index (κ2) is 9.85. The number of nitrogens with two attached hydrogens (primary N) is 1. The number of hydrogen-bond donors (Lipinski definition) is 2. The maximum absolute atomic E-state index is 13.2. The van der Waals surface area contributed by atoms with Gasteiger partial charge in [-0.1, -0.05) is 25.5 Å². The minimum atomic E-state index is -0.524. The summed E-state index contributed by atoms with van der Waals surface area (Å²) in [6.07, 6.45) is 3.05. The van der Waals surface area contributed by atoms with E-state index in [2.05, 4.69) is 10.3 Å². The Morgan fingerprint density at radius 3 is 2.88 bits per heavy atom. The van der Waals surface area contributed by atoms with Crippen LogP contribution in [0, 0.1) is 5.82 Å². The average molecular weight is 354 g/mol. The van der Waals surface area contributed by atoms with Gasteiger partial charge in [-0.25, -0.2) is 9.37 Å². The monoisotopic (exact) mass is 353 g/mol. The summed E-state index contributed by atoms with van der Waals surface area (Å²) < 4.78 is 18.8. The minimum absolute atomic E-state index is 0. The SMILES string of the molecule is CCCC(N)C(=O)NCc1cccnc1Oc1cccc(F)c1.Cl. The molecule has 1 heterocycles. The third-order valence-electron chi connectivity index (χ3n) is 3.25. The van der Waals surface area contributed by atoms with Gasteiger partial charge in [0.2, 0.25) is 11.8 Å². The van der Waals surface area contributed by atoms with Crippen LogP contribution in [0.5, 0.6) is 11.6 Å². The van der Waals surface area contributed by atoms with Crippen molar-refractivity contribution in [3.05, 3.63) is 54.0 Å². The zero-order valence-electron chi connectivity index (χ0n) is 13.4. The molecule has 1 atom stereocenters. The third-order valence-corrected chi connectivity index (χ3v) is 3.25. The van der Waals surface area contributed by atoms with E-state index in [0.29, 0.717) is 23.6 Å². The van der Waals surface area contributed by atoms with Crippen molar-refractivity contribution in [2.45, 2.75) is 32.4 Å². The lowest BCUT2D eigenvalue weighted by molar-refractivity contribution is -0.122. The Hall–Kier alpha value is -2.18. The van der Waals surface area contributed by atoms with Crippen LogP contribution in [0.25, 0.3) is 0 Å². The molecule has 1 unspecified atom stereocenters. The summed E-state index contributed by atoms with van der Waals surface area (Å²) in [7, 11) is 0. The summed E-state index contributed by atoms with van der Waals surface area (Å²) in [4.78, 5) is 16.0. The molecule has 1 amide bonds. The first-order valence-electron chi connectivity index (χ1n) is 7.50. The van der Waals surface area contributed by atoms with E-state index in [1.54, 1.807) is 30.5 Å². The van der Waals surface area contributed by atoms with Gasteiger partial charge in [0.25, 0.3) is 0 Å². The molecule has 2 rings (SSSR count). The molecule has 0 fully saturated rings. The number of aromatic nitrogens is 1. The van der Waals surface area contributed by atoms with Crippen molar-refractivity contribution in [2.75, 3.05) is 0 Å². The van der Waals surface area contributed by atoms with Gasteiger partial charge in [0.05, 0.1) is 6.04 Å². The van der Waals surface area contributed by atoms with Gasteiger partial charge in [0.15, 0.2) is 0 Å². The Bertz CT molecular complexity index is 670. The first-order chi connectivity index (χ1) is 11.1. The van der Waals surface area contributed by atoms with Crippen LogP contribution in [0.3, 0.4) is 0 Å². The number of ether oxygens (including phenoxy) is 1. The Morgan fingerprint density at radius 2 is 2.17 bits per heavy atom. The topological polar surface area (TPSA) is 77.2 Å². The van der Waals surface area contributed by atoms with Crippen molar-refractivity contribution >= 4 is 18.3 Å². The van der Waals surface area contributed by atoms with Gasteiger partial charge in [-0.15, -0.1) is 12.4 Å². The molecule has 2 aromatic rings. The van der Waals surface area contributed by atoms with E-state index in [1.807, 2.05) is 6.92 Å². The lowest BCUT2D eigenvalue weighted by Gasteiger charge is -2.13. The van der Waals surface area contributed by atoms with Crippen molar-refractivity contribution in [3.8, 4) is 11.6 Å². The molecule has 3 N–H and O–H groups in total. The van der Waals surface area contributed by atoms with Crippen molar-refractivity contribution in [3.63, 3.8) is 0 Å². The summed E-state index contributed by atoms with van der Waals surface area (Å²) in [6.45, 7) is 2.22. The number of pyridine rings is 1. The van der Waals surface area contributed by atoms with E-state index in [-0.39, 0.29) is 30.7 Å². The lowest BCUT2D eigenvalue weighted by Crippen LogP contribution is -2.40. The van der Waals surface area contributed by atoms with Crippen LogP contribution in [0.1, 0.15) is 25.3 Å². The molecule has 0 saturated heterocycles. The zero-order chi connectivity index (χ0) is 16.7. The summed E-state index contributed by atoms with van der Waals surface area (Å²) in [5, 5.41) is 2.76. The Morgan fingerprint density at radius 1 is 1.38 bits per heavy atom. The van der Waals surface area contributed by atoms with E-state index < -0.39 is 6.04 Å². The molecular formula is C17H21ClFN3O2. The van der Waals surface area contributed by atoms with E-state index in [4.69, 9.17) is 10.5 Å². The first-order valence-corrected chi connectivity index (χ1v) is 7.50. The summed E-state index contributed by atoms with van der Waals surface area (Å²) in [5.74, 6) is 0.0626. The quantitative estimate of drug-likeness (QED) is 0.801. The maximum Gasteiger partial charge on any atom is 0.237 e. The molecule has 0 radical (unpaired) electrons. The largest absolute Gasteiger partial charge is 0.439 e. The van der Waals surface area contributed by atoms with Crippen LogP contribution in [0.15, 0.2) is 42.6 Å². The normalized spacial score (nSPS) is 11.3. The number of hydrogen-bond acceptors (Lipinski definition) is 4. The fourth-order valence-corrected chi connectivity index (χ4v) is 2.05. The van der Waals surface area contributed by atoms with E-state index >= 15 is 0 Å². The number of amides is 1. The molecule has 7 heteroatoms. The van der Waals surface area contributed by atoms with Crippen LogP contribution in [-0.4, -0.2) is 16.9 Å². The molecule has 5 nitrogen and oxygen atoms in total. The van der Waals surface area contributed by atoms with E-state index in [1.165, 1.54) is 12.1 Å². The van der Waals surface area contributed by atoms with Gasteiger partial charge in [0, 0.05) is 24.4 Å². The van der Waals surface area contributed by atoms with Crippen molar-refractivity contribution < 1.29 is 13.9 Å². The number of nitrogens with one attached hydrogen (secondary N) is 1. The van der Waals surface area contributed by atoms with Crippen LogP contribution < -0.4 is 15.8 Å². The number of carbonyl (C=O) groups is 1. The van der Waals surface area contributed by atoms with Crippen LogP contribution in [-0.2, 0) is 11.3 Å². The predicted octanol–water partition coefficient (Wildman–Crippen LogP) is 3.18. The molecule has 0 aliphatic carbocycles. The van der Waals surface area contributed by atoms with Crippen molar-refractivity contribution in [1.82, 2.24) is 10.3 Å². The molecule has 130 valence electrons. The highest BCUT2D eigenvalue weighted by molar-refractivity contribution is 5.85. The molecule has 24 heavy (non-hydrogen) atoms. The average Bonchev–Trinajstić information content (AvgIpc) is 2.54. The van der Waals surface area contributed by atoms with Crippen LogP contribution >= 0.6 is 12.4 Å². The Kier molecular flexibility index (Phi) is 8.15. The van der Waals surface area contributed by atoms with Gasteiger partial charge < -0.3 is 15.8 Å². The highest BCUT2D eigenvalue weighted by atomic mass is 35.5. The number of carbonyl (C=O) groups excluding carboxylic acids is 1. The number of halogens is 2. The van der Waals surface area contributed by atoms with Crippen molar-refractivity contribution in [1.29, 1.82) is 0 Å². The molecule has 0 aliphatic heterocycles. The molecule has 1 aromatic heterocycles. The van der Waals surface area contributed by atoms with Crippen LogP contribution in [0.2, 0.25) is 0 Å². The number of rotatable bonds is 7. The second-order valence-corrected chi connectivity index (χ2v) is 5.14. The van der Waals surface area contributed by atoms with Gasteiger partial charge in [-0.3, -0.25) is 4.79 Å². The van der Waals surface area contributed by atoms with E-state index in [0.717, 1.165) is 6.42 Å². The third kappa shape index (κ3) is 5.79. The lowest BCUT2D eigenvalue weighted by atomic mass is 10.1. The highest BCUT2D eigenvalue weighted by Gasteiger charge is 2.13. The molecule has 0 aliphatic rings. The number of nitrogens with zero attached hydrogens (tertiary/aromatic N) is 1. The second-order valence-electron chi connectivity index (χ2n) is 5.14. The fraction of sp³-hybridized carbons (Fsp3) is 0.294. The molecule has 0 saturated carbocycles. The number of benzene rings is 1. The standard InChI is InChI=1S/C17H20FN3O2.ClH/c1-2-5-15(19)16(22)21-11-12-6-4-9-20-17(12)23-14-8-3-7-13(18)10-14;/h3-4,6-10,15H,2,5,11,19H2,1H3,(H,21,22);1H. The summed E-state index contributed by atoms with van der Waals surface area (Å²) in [5.41, 5.74) is 6.46. The summed E-state index contributed by atoms with van der Waals surface area (Å²) in [6, 6.07) is 8.80.